The minimum Gasteiger partial charge on any atom is -0.298 e. The maximum absolute atomic E-state index is 11.7. The molecule has 13 heavy (non-hydrogen) atoms. The molecule has 2 saturated carbocycles. The van der Waals surface area contributed by atoms with E-state index in [0.29, 0.717) is 18.1 Å². The van der Waals surface area contributed by atoms with Gasteiger partial charge in [0.25, 0.3) is 0 Å². The van der Waals surface area contributed by atoms with Crippen molar-refractivity contribution < 1.29 is 4.79 Å². The van der Waals surface area contributed by atoms with Crippen LogP contribution in [0.1, 0.15) is 39.0 Å². The number of Topliss-reactive ketones (excluding diaryl/α,β-unsaturated/α-hetero) is 1. The lowest BCUT2D eigenvalue weighted by Crippen LogP contribution is -2.20. The van der Waals surface area contributed by atoms with E-state index in [2.05, 4.69) is 11.8 Å². The van der Waals surface area contributed by atoms with Crippen molar-refractivity contribution in [2.24, 2.45) is 17.8 Å². The second kappa shape index (κ2) is 3.54. The second-order valence-corrected chi connectivity index (χ2v) is 4.35. The van der Waals surface area contributed by atoms with Gasteiger partial charge < -0.3 is 0 Å². The third-order valence-corrected chi connectivity index (χ3v) is 3.59. The van der Waals surface area contributed by atoms with E-state index in [4.69, 9.17) is 0 Å². The van der Waals surface area contributed by atoms with Crippen LogP contribution < -0.4 is 0 Å². The van der Waals surface area contributed by atoms with E-state index in [-0.39, 0.29) is 0 Å². The molecule has 1 heteroatoms. The maximum Gasteiger partial charge on any atom is 0.148 e. The molecule has 2 bridgehead atoms. The second-order valence-electron chi connectivity index (χ2n) is 4.35. The molecule has 0 N–H and O–H groups in total. The number of carbonyl (C=O) groups is 1. The van der Waals surface area contributed by atoms with E-state index in [1.165, 1.54) is 19.3 Å². The highest BCUT2D eigenvalue weighted by molar-refractivity contribution is 5.83. The van der Waals surface area contributed by atoms with Crippen molar-refractivity contribution in [2.75, 3.05) is 0 Å². The Balaban J connectivity index is 1.93. The van der Waals surface area contributed by atoms with E-state index in [1.807, 2.05) is 0 Å². The molecular weight excluding hydrogens is 160 g/mol. The fraction of sp³-hybridized carbons (Fsp3) is 0.750. The molecule has 0 aliphatic heterocycles. The van der Waals surface area contributed by atoms with Crippen LogP contribution in [-0.2, 0) is 4.79 Å². The Bertz CT molecular complexity index is 269. The van der Waals surface area contributed by atoms with Crippen LogP contribution in [0.5, 0.6) is 0 Å². The van der Waals surface area contributed by atoms with Gasteiger partial charge in [0, 0.05) is 5.92 Å². The first-order valence-electron chi connectivity index (χ1n) is 5.23. The molecule has 0 heterocycles. The summed E-state index contributed by atoms with van der Waals surface area (Å²) in [7, 11) is 0. The number of rotatable bonds is 2. The fourth-order valence-corrected chi connectivity index (χ4v) is 2.95. The van der Waals surface area contributed by atoms with E-state index in [9.17, 15) is 4.79 Å². The zero-order valence-corrected chi connectivity index (χ0v) is 8.18. The van der Waals surface area contributed by atoms with E-state index < -0.39 is 0 Å². The monoisotopic (exact) mass is 176 g/mol. The molecule has 70 valence electrons. The highest BCUT2D eigenvalue weighted by atomic mass is 16.1. The minimum atomic E-state index is 0.375. The van der Waals surface area contributed by atoms with Crippen LogP contribution >= 0.6 is 0 Å². The normalized spacial score (nSPS) is 35.6. The molecule has 0 aromatic rings. The zero-order chi connectivity index (χ0) is 9.26. The molecule has 3 atom stereocenters. The number of carbonyl (C=O) groups excluding carboxylic acids is 1. The summed E-state index contributed by atoms with van der Waals surface area (Å²) in [6, 6.07) is 0. The van der Waals surface area contributed by atoms with Gasteiger partial charge in [0.2, 0.25) is 0 Å². The first kappa shape index (κ1) is 8.81. The summed E-state index contributed by atoms with van der Waals surface area (Å²) < 4.78 is 0. The summed E-state index contributed by atoms with van der Waals surface area (Å²) in [5.74, 6) is 8.05. The number of hydrogen-bond acceptors (Lipinski definition) is 1. The Morgan fingerprint density at radius 3 is 2.77 bits per heavy atom. The Morgan fingerprint density at radius 2 is 2.23 bits per heavy atom. The van der Waals surface area contributed by atoms with Crippen molar-refractivity contribution in [1.29, 1.82) is 0 Å². The van der Waals surface area contributed by atoms with Crippen LogP contribution in [-0.4, -0.2) is 5.78 Å². The summed E-state index contributed by atoms with van der Waals surface area (Å²) in [4.78, 5) is 11.7. The van der Waals surface area contributed by atoms with Gasteiger partial charge in [0.1, 0.15) is 5.78 Å². The molecule has 0 saturated heterocycles. The largest absolute Gasteiger partial charge is 0.298 e. The van der Waals surface area contributed by atoms with Gasteiger partial charge >= 0.3 is 0 Å². The van der Waals surface area contributed by atoms with Gasteiger partial charge in [-0.05, 0) is 38.0 Å². The Kier molecular flexibility index (Phi) is 2.40. The van der Waals surface area contributed by atoms with Gasteiger partial charge in [0.15, 0.2) is 0 Å². The molecule has 1 nitrogen and oxygen atoms in total. The Morgan fingerprint density at radius 1 is 1.38 bits per heavy atom. The van der Waals surface area contributed by atoms with Gasteiger partial charge in [-0.1, -0.05) is 12.3 Å². The van der Waals surface area contributed by atoms with E-state index >= 15 is 0 Å². The minimum absolute atomic E-state index is 0.375. The van der Waals surface area contributed by atoms with Crippen molar-refractivity contribution in [2.45, 2.75) is 39.0 Å². The summed E-state index contributed by atoms with van der Waals surface area (Å²) in [6.45, 7) is 1.80. The molecule has 0 spiro atoms. The highest BCUT2D eigenvalue weighted by Crippen LogP contribution is 2.48. The van der Waals surface area contributed by atoms with Crippen molar-refractivity contribution in [3.05, 3.63) is 0 Å². The van der Waals surface area contributed by atoms with Crippen LogP contribution in [0.15, 0.2) is 0 Å². The SMILES string of the molecule is CC#CCC(=O)C1CC2CCC1C2. The lowest BCUT2D eigenvalue weighted by atomic mass is 9.85. The lowest BCUT2D eigenvalue weighted by Gasteiger charge is -2.18. The topological polar surface area (TPSA) is 17.1 Å². The third-order valence-electron chi connectivity index (χ3n) is 3.59. The molecule has 0 radical (unpaired) electrons. The zero-order valence-electron chi connectivity index (χ0n) is 8.18. The van der Waals surface area contributed by atoms with Crippen LogP contribution in [0, 0.1) is 29.6 Å². The summed E-state index contributed by atoms with van der Waals surface area (Å²) in [6.07, 6.45) is 5.63. The molecule has 2 fully saturated rings. The predicted octanol–water partition coefficient (Wildman–Crippen LogP) is 2.41. The van der Waals surface area contributed by atoms with Crippen LogP contribution in [0.2, 0.25) is 0 Å². The van der Waals surface area contributed by atoms with Gasteiger partial charge in [-0.2, -0.15) is 0 Å². The van der Waals surface area contributed by atoms with Crippen LogP contribution in [0.25, 0.3) is 0 Å². The van der Waals surface area contributed by atoms with Gasteiger partial charge in [0.05, 0.1) is 6.42 Å². The number of fused-ring (bicyclic) bond motifs is 2. The summed E-state index contributed by atoms with van der Waals surface area (Å²) >= 11 is 0. The quantitative estimate of drug-likeness (QED) is 0.590. The molecule has 2 rings (SSSR count). The van der Waals surface area contributed by atoms with Crippen LogP contribution in [0.4, 0.5) is 0 Å². The van der Waals surface area contributed by atoms with Gasteiger partial charge in [-0.3, -0.25) is 4.79 Å². The molecule has 0 aromatic heterocycles. The third kappa shape index (κ3) is 1.63. The smallest absolute Gasteiger partial charge is 0.148 e. The summed E-state index contributed by atoms with van der Waals surface area (Å²) in [5.41, 5.74) is 0. The summed E-state index contributed by atoms with van der Waals surface area (Å²) in [5, 5.41) is 0. The van der Waals surface area contributed by atoms with E-state index in [0.717, 1.165) is 18.3 Å². The maximum atomic E-state index is 11.7. The van der Waals surface area contributed by atoms with E-state index in [1.54, 1.807) is 6.92 Å². The Hall–Kier alpha value is -0.770. The predicted molar refractivity (Wildman–Crippen MR) is 52.0 cm³/mol. The molecule has 3 unspecified atom stereocenters. The van der Waals surface area contributed by atoms with Crippen molar-refractivity contribution in [3.63, 3.8) is 0 Å². The molecule has 0 aromatic carbocycles. The average Bonchev–Trinajstić information content (AvgIpc) is 2.74. The molecule has 2 aliphatic rings. The number of ketones is 1. The van der Waals surface area contributed by atoms with Gasteiger partial charge in [-0.25, -0.2) is 0 Å². The first-order valence-corrected chi connectivity index (χ1v) is 5.23. The highest BCUT2D eigenvalue weighted by Gasteiger charge is 2.42. The standard InChI is InChI=1S/C12H16O/c1-2-3-4-12(13)11-8-9-5-6-10(11)7-9/h9-11H,4-8H2,1H3. The van der Waals surface area contributed by atoms with Crippen LogP contribution in [0.3, 0.4) is 0 Å². The Labute approximate surface area is 79.9 Å². The van der Waals surface area contributed by atoms with Crippen molar-refractivity contribution in [3.8, 4) is 11.8 Å². The van der Waals surface area contributed by atoms with Gasteiger partial charge in [-0.15, -0.1) is 5.92 Å². The first-order chi connectivity index (χ1) is 6.31. The van der Waals surface area contributed by atoms with Crippen molar-refractivity contribution in [1.82, 2.24) is 0 Å². The fourth-order valence-electron chi connectivity index (χ4n) is 2.95. The number of hydrogen-bond donors (Lipinski definition) is 0. The lowest BCUT2D eigenvalue weighted by molar-refractivity contribution is -0.123. The average molecular weight is 176 g/mol. The van der Waals surface area contributed by atoms with Crippen molar-refractivity contribution >= 4 is 5.78 Å². The molecule has 0 amide bonds. The molecule has 2 aliphatic carbocycles. The molecular formula is C12H16O.